The highest BCUT2D eigenvalue weighted by molar-refractivity contribution is 7.92. The third kappa shape index (κ3) is 7.55. The molecule has 3 aromatic carbocycles. The van der Waals surface area contributed by atoms with E-state index >= 15 is 0 Å². The maximum absolute atomic E-state index is 14.1. The molecule has 2 amide bonds. The SMILES string of the molecule is CC[C@@H](C(=O)NC(C)C)N(Cc1cccc(C)c1)C(=O)CN(c1ccc(OC)c(Cl)c1)S(=O)(=O)c1ccccc1. The van der Waals surface area contributed by atoms with Crippen molar-refractivity contribution in [2.24, 2.45) is 0 Å². The van der Waals surface area contributed by atoms with Gasteiger partial charge in [0.05, 0.1) is 22.7 Å². The number of carbonyl (C=O) groups excluding carboxylic acids is 2. The predicted octanol–water partition coefficient (Wildman–Crippen LogP) is 5.18. The van der Waals surface area contributed by atoms with Gasteiger partial charge in [0.15, 0.2) is 0 Å². The Balaban J connectivity index is 2.09. The van der Waals surface area contributed by atoms with Crippen molar-refractivity contribution >= 4 is 39.1 Å². The summed E-state index contributed by atoms with van der Waals surface area (Å²) in [5, 5.41) is 3.09. The molecule has 0 saturated carbocycles. The highest BCUT2D eigenvalue weighted by Gasteiger charge is 2.34. The van der Waals surface area contributed by atoms with Gasteiger partial charge in [-0.3, -0.25) is 13.9 Å². The predicted molar refractivity (Wildman–Crippen MR) is 158 cm³/mol. The minimum absolute atomic E-state index is 0.0181. The Morgan fingerprint density at radius 3 is 2.27 bits per heavy atom. The lowest BCUT2D eigenvalue weighted by Crippen LogP contribution is -2.53. The largest absolute Gasteiger partial charge is 0.495 e. The maximum Gasteiger partial charge on any atom is 0.264 e. The Labute approximate surface area is 241 Å². The van der Waals surface area contributed by atoms with E-state index in [1.165, 1.54) is 36.3 Å². The van der Waals surface area contributed by atoms with Crippen molar-refractivity contribution in [1.29, 1.82) is 0 Å². The second-order valence-corrected chi connectivity index (χ2v) is 12.0. The van der Waals surface area contributed by atoms with Gasteiger partial charge in [-0.25, -0.2) is 8.42 Å². The van der Waals surface area contributed by atoms with E-state index in [4.69, 9.17) is 16.3 Å². The number of amides is 2. The van der Waals surface area contributed by atoms with Crippen molar-refractivity contribution in [2.45, 2.75) is 57.6 Å². The highest BCUT2D eigenvalue weighted by atomic mass is 35.5. The van der Waals surface area contributed by atoms with Crippen molar-refractivity contribution in [3.63, 3.8) is 0 Å². The highest BCUT2D eigenvalue weighted by Crippen LogP contribution is 2.32. The van der Waals surface area contributed by atoms with Crippen LogP contribution in [0.1, 0.15) is 38.3 Å². The Kier molecular flexibility index (Phi) is 10.6. The number of ether oxygens (including phenoxy) is 1. The van der Waals surface area contributed by atoms with Gasteiger partial charge in [-0.1, -0.05) is 66.6 Å². The van der Waals surface area contributed by atoms with E-state index in [1.807, 2.05) is 52.0 Å². The molecular formula is C30H36ClN3O5S. The molecule has 1 atom stereocenters. The van der Waals surface area contributed by atoms with Gasteiger partial charge in [-0.2, -0.15) is 0 Å². The minimum Gasteiger partial charge on any atom is -0.495 e. The van der Waals surface area contributed by atoms with E-state index in [1.54, 1.807) is 24.3 Å². The number of aryl methyl sites for hydroxylation is 1. The van der Waals surface area contributed by atoms with E-state index in [0.29, 0.717) is 12.2 Å². The Morgan fingerprint density at radius 2 is 1.70 bits per heavy atom. The fraction of sp³-hybridized carbons (Fsp3) is 0.333. The summed E-state index contributed by atoms with van der Waals surface area (Å²) in [7, 11) is -2.73. The molecule has 0 fully saturated rings. The number of hydrogen-bond acceptors (Lipinski definition) is 5. The standard InChI is InChI=1S/C30H36ClN3O5S/c1-6-27(30(36)32-21(2)3)33(19-23-12-10-11-22(4)17-23)29(35)20-34(24-15-16-28(39-5)26(31)18-24)40(37,38)25-13-8-7-9-14-25/h7-18,21,27H,6,19-20H2,1-5H3,(H,32,36)/t27-/m0/s1. The number of rotatable bonds is 12. The molecule has 0 bridgehead atoms. The molecule has 0 saturated heterocycles. The quantitative estimate of drug-likeness (QED) is 0.316. The summed E-state index contributed by atoms with van der Waals surface area (Å²) in [6.07, 6.45) is 0.343. The summed E-state index contributed by atoms with van der Waals surface area (Å²) < 4.78 is 34.0. The summed E-state index contributed by atoms with van der Waals surface area (Å²) in [5.41, 5.74) is 2.03. The molecule has 40 heavy (non-hydrogen) atoms. The summed E-state index contributed by atoms with van der Waals surface area (Å²) in [5.74, 6) is -0.464. The lowest BCUT2D eigenvalue weighted by Gasteiger charge is -2.33. The molecule has 10 heteroatoms. The molecular weight excluding hydrogens is 550 g/mol. The minimum atomic E-state index is -4.18. The number of methoxy groups -OCH3 is 1. The van der Waals surface area contributed by atoms with Crippen molar-refractivity contribution in [1.82, 2.24) is 10.2 Å². The van der Waals surface area contributed by atoms with Crippen LogP contribution in [0.4, 0.5) is 5.69 Å². The molecule has 1 N–H and O–H groups in total. The molecule has 0 spiro atoms. The molecule has 0 aliphatic carbocycles. The summed E-state index contributed by atoms with van der Waals surface area (Å²) >= 11 is 6.36. The second-order valence-electron chi connectivity index (χ2n) is 9.74. The fourth-order valence-corrected chi connectivity index (χ4v) is 6.05. The molecule has 0 unspecified atom stereocenters. The lowest BCUT2D eigenvalue weighted by atomic mass is 10.1. The van der Waals surface area contributed by atoms with E-state index in [0.717, 1.165) is 15.4 Å². The average molecular weight is 586 g/mol. The van der Waals surface area contributed by atoms with Gasteiger partial charge in [0.25, 0.3) is 10.0 Å². The van der Waals surface area contributed by atoms with Crippen molar-refractivity contribution in [3.05, 3.63) is 88.9 Å². The van der Waals surface area contributed by atoms with Gasteiger partial charge in [0.2, 0.25) is 11.8 Å². The molecule has 0 radical (unpaired) electrons. The number of nitrogens with zero attached hydrogens (tertiary/aromatic N) is 2. The Bertz CT molecular complexity index is 1430. The van der Waals surface area contributed by atoms with E-state index in [9.17, 15) is 18.0 Å². The second kappa shape index (κ2) is 13.7. The normalized spacial score (nSPS) is 12.1. The molecule has 8 nitrogen and oxygen atoms in total. The van der Waals surface area contributed by atoms with Crippen molar-refractivity contribution < 1.29 is 22.7 Å². The lowest BCUT2D eigenvalue weighted by molar-refractivity contribution is -0.140. The third-order valence-corrected chi connectivity index (χ3v) is 8.37. The number of benzene rings is 3. The smallest absolute Gasteiger partial charge is 0.264 e. The first-order chi connectivity index (χ1) is 19.0. The van der Waals surface area contributed by atoms with E-state index in [2.05, 4.69) is 5.32 Å². The molecule has 0 aromatic heterocycles. The van der Waals surface area contributed by atoms with Crippen LogP contribution in [0.25, 0.3) is 0 Å². The number of anilines is 1. The Morgan fingerprint density at radius 1 is 1.00 bits per heavy atom. The van der Waals surface area contributed by atoms with Crippen LogP contribution in [0.2, 0.25) is 5.02 Å². The van der Waals surface area contributed by atoms with Gasteiger partial charge in [-0.15, -0.1) is 0 Å². The maximum atomic E-state index is 14.1. The fourth-order valence-electron chi connectivity index (χ4n) is 4.37. The number of hydrogen-bond donors (Lipinski definition) is 1. The van der Waals surface area contributed by atoms with Crippen LogP contribution >= 0.6 is 11.6 Å². The van der Waals surface area contributed by atoms with Gasteiger partial charge >= 0.3 is 0 Å². The molecule has 0 aliphatic rings. The molecule has 0 heterocycles. The first-order valence-electron chi connectivity index (χ1n) is 13.0. The number of nitrogens with one attached hydrogen (secondary N) is 1. The zero-order valence-electron chi connectivity index (χ0n) is 23.4. The summed E-state index contributed by atoms with van der Waals surface area (Å²) in [6.45, 7) is 7.05. The van der Waals surface area contributed by atoms with Gasteiger partial charge in [0.1, 0.15) is 18.3 Å². The Hall–Kier alpha value is -3.56. The molecule has 3 rings (SSSR count). The topological polar surface area (TPSA) is 96.0 Å². The van der Waals surface area contributed by atoms with Gasteiger partial charge in [0, 0.05) is 12.6 Å². The van der Waals surface area contributed by atoms with E-state index in [-0.39, 0.29) is 34.1 Å². The number of halogens is 1. The molecule has 214 valence electrons. The monoisotopic (exact) mass is 585 g/mol. The molecule has 0 aliphatic heterocycles. The van der Waals surface area contributed by atoms with Crippen LogP contribution < -0.4 is 14.4 Å². The van der Waals surface area contributed by atoms with Crippen LogP contribution in [0.15, 0.2) is 77.7 Å². The summed E-state index contributed by atoms with van der Waals surface area (Å²) in [6, 6.07) is 19.1. The zero-order chi connectivity index (χ0) is 29.4. The van der Waals surface area contributed by atoms with Crippen LogP contribution in [0, 0.1) is 6.92 Å². The van der Waals surface area contributed by atoms with Crippen LogP contribution in [0.3, 0.4) is 0 Å². The molecule has 3 aromatic rings. The van der Waals surface area contributed by atoms with Gasteiger partial charge < -0.3 is 15.0 Å². The van der Waals surface area contributed by atoms with Crippen molar-refractivity contribution in [3.8, 4) is 5.75 Å². The zero-order valence-corrected chi connectivity index (χ0v) is 25.0. The van der Waals surface area contributed by atoms with Crippen molar-refractivity contribution in [2.75, 3.05) is 18.0 Å². The first kappa shape index (κ1) is 31.0. The van der Waals surface area contributed by atoms with Crippen LogP contribution in [-0.4, -0.2) is 50.9 Å². The first-order valence-corrected chi connectivity index (χ1v) is 14.9. The average Bonchev–Trinajstić information content (AvgIpc) is 2.91. The number of carbonyl (C=O) groups is 2. The van der Waals surface area contributed by atoms with Crippen LogP contribution in [-0.2, 0) is 26.2 Å². The van der Waals surface area contributed by atoms with Crippen LogP contribution in [0.5, 0.6) is 5.75 Å². The van der Waals surface area contributed by atoms with E-state index < -0.39 is 28.5 Å². The number of sulfonamides is 1. The summed E-state index contributed by atoms with van der Waals surface area (Å²) in [4.78, 5) is 28.8. The third-order valence-electron chi connectivity index (χ3n) is 6.29. The van der Waals surface area contributed by atoms with Gasteiger partial charge in [-0.05, 0) is 63.1 Å².